The van der Waals surface area contributed by atoms with Crippen LogP contribution in [0.25, 0.3) is 0 Å². The molecule has 1 radical (unpaired) electrons. The van der Waals surface area contributed by atoms with E-state index in [-0.39, 0.29) is 18.9 Å². The Kier molecular flexibility index (Phi) is 10.9. The third-order valence-corrected chi connectivity index (χ3v) is 2.71. The maximum absolute atomic E-state index is 2.27. The Bertz CT molecular complexity index is 54.3. The summed E-state index contributed by atoms with van der Waals surface area (Å²) < 4.78 is 0. The van der Waals surface area contributed by atoms with Crippen molar-refractivity contribution in [3.8, 4) is 0 Å². The molecule has 0 rings (SSSR count). The smallest absolute Gasteiger partial charge is 0 e. The van der Waals surface area contributed by atoms with Crippen LogP contribution in [-0.4, -0.2) is 30.4 Å². The van der Waals surface area contributed by atoms with E-state index in [1.54, 1.807) is 0 Å². The summed E-state index contributed by atoms with van der Waals surface area (Å²) in [6.07, 6.45) is 0. The molecule has 0 fully saturated rings. The molecule has 0 heterocycles. The van der Waals surface area contributed by atoms with Crippen LogP contribution >= 0.6 is 11.8 Å². The van der Waals surface area contributed by atoms with Crippen LogP contribution in [0.2, 0.25) is 0 Å². The molecule has 2 heteroatoms. The minimum Gasteiger partial charge on any atom is -0.161 e. The van der Waals surface area contributed by atoms with Gasteiger partial charge in [-0.15, -0.1) is 0 Å². The van der Waals surface area contributed by atoms with E-state index in [0.29, 0.717) is 0 Å². The quantitative estimate of drug-likeness (QED) is 0.559. The van der Waals surface area contributed by atoms with Crippen LogP contribution in [0.1, 0.15) is 27.7 Å². The fraction of sp³-hybridized carbons (Fsp3) is 1.00. The van der Waals surface area contributed by atoms with Gasteiger partial charge in [-0.05, 0) is 23.3 Å². The summed E-state index contributed by atoms with van der Waals surface area (Å²) in [5.74, 6) is 4.35. The van der Waals surface area contributed by atoms with E-state index >= 15 is 0 Å². The Morgan fingerprint density at radius 1 is 0.900 bits per heavy atom. The maximum Gasteiger partial charge on any atom is 0 e. The van der Waals surface area contributed by atoms with E-state index in [9.17, 15) is 0 Å². The second-order valence-corrected chi connectivity index (χ2v) is 4.40. The van der Waals surface area contributed by atoms with Crippen molar-refractivity contribution in [3.05, 3.63) is 0 Å². The summed E-state index contributed by atoms with van der Waals surface area (Å²) in [6.45, 7) is 9.08. The number of hydrogen-bond acceptors (Lipinski definition) is 1. The van der Waals surface area contributed by atoms with E-state index in [4.69, 9.17) is 0 Å². The summed E-state index contributed by atoms with van der Waals surface area (Å²) >= 11 is 2.07. The first-order chi connectivity index (χ1) is 4.13. The van der Waals surface area contributed by atoms with Gasteiger partial charge in [0.25, 0.3) is 0 Å². The van der Waals surface area contributed by atoms with Crippen molar-refractivity contribution >= 4 is 30.6 Å². The van der Waals surface area contributed by atoms with Gasteiger partial charge in [0.1, 0.15) is 0 Å². The topological polar surface area (TPSA) is 0 Å². The first-order valence-electron chi connectivity index (χ1n) is 3.70. The van der Waals surface area contributed by atoms with Gasteiger partial charge in [-0.1, -0.05) is 27.7 Å². The normalized spacial score (nSPS) is 10.2. The molecule has 0 saturated heterocycles. The van der Waals surface area contributed by atoms with Crippen LogP contribution in [0.5, 0.6) is 0 Å². The van der Waals surface area contributed by atoms with Crippen LogP contribution in [0.15, 0.2) is 0 Å². The molecule has 0 saturated carbocycles. The summed E-state index contributed by atoms with van der Waals surface area (Å²) in [5, 5.41) is 0. The van der Waals surface area contributed by atoms with Crippen LogP contribution in [-0.2, 0) is 0 Å². The van der Waals surface area contributed by atoms with Gasteiger partial charge in [-0.3, -0.25) is 0 Å². The molecule has 10 heavy (non-hydrogen) atoms. The van der Waals surface area contributed by atoms with Crippen molar-refractivity contribution in [1.29, 1.82) is 0 Å². The van der Waals surface area contributed by atoms with Crippen molar-refractivity contribution < 1.29 is 0 Å². The molecule has 0 unspecified atom stereocenters. The molecule has 0 aromatic carbocycles. The Hall–Kier alpha value is 0.947. The Labute approximate surface area is 81.7 Å². The van der Waals surface area contributed by atoms with Crippen molar-refractivity contribution in [3.63, 3.8) is 0 Å². The van der Waals surface area contributed by atoms with E-state index < -0.39 is 0 Å². The van der Waals surface area contributed by atoms with Gasteiger partial charge in [-0.25, -0.2) is 0 Å². The molecule has 0 spiro atoms. The zero-order valence-corrected chi connectivity index (χ0v) is 8.79. The maximum atomic E-state index is 2.27. The molecule has 0 aliphatic carbocycles. The third-order valence-electron chi connectivity index (χ3n) is 0.902. The number of rotatable bonds is 4. The zero-order valence-electron chi connectivity index (χ0n) is 7.98. The fourth-order valence-electron chi connectivity index (χ4n) is 0.539. The molecule has 0 aromatic heterocycles. The molecular formula is C8H18LiS. The molecule has 0 aliphatic rings. The van der Waals surface area contributed by atoms with Gasteiger partial charge in [0.15, 0.2) is 0 Å². The predicted octanol–water partition coefficient (Wildman–Crippen LogP) is 2.65. The molecule has 57 valence electrons. The molecule has 0 aromatic rings. The largest absolute Gasteiger partial charge is 0.161 e. The van der Waals surface area contributed by atoms with Crippen LogP contribution < -0.4 is 0 Å². The number of hydrogen-bond donors (Lipinski definition) is 0. The van der Waals surface area contributed by atoms with Crippen LogP contribution in [0.3, 0.4) is 0 Å². The van der Waals surface area contributed by atoms with Gasteiger partial charge >= 0.3 is 0 Å². The average molecular weight is 153 g/mol. The number of thioether (sulfide) groups is 1. The van der Waals surface area contributed by atoms with Crippen molar-refractivity contribution in [2.24, 2.45) is 11.8 Å². The Morgan fingerprint density at radius 3 is 1.40 bits per heavy atom. The SMILES string of the molecule is CC(C)CSCC(C)C.[Li]. The van der Waals surface area contributed by atoms with Crippen molar-refractivity contribution in [2.75, 3.05) is 11.5 Å². The first kappa shape index (κ1) is 13.5. The van der Waals surface area contributed by atoms with Gasteiger partial charge in [0.2, 0.25) is 0 Å². The van der Waals surface area contributed by atoms with E-state index in [1.807, 2.05) is 0 Å². The van der Waals surface area contributed by atoms with E-state index in [2.05, 4.69) is 39.5 Å². The first-order valence-corrected chi connectivity index (χ1v) is 4.86. The van der Waals surface area contributed by atoms with Gasteiger partial charge in [0, 0.05) is 18.9 Å². The van der Waals surface area contributed by atoms with E-state index in [1.165, 1.54) is 11.5 Å². The standard InChI is InChI=1S/C8H18S.Li/c1-7(2)5-9-6-8(3)4;/h7-8H,5-6H2,1-4H3;. The fourth-order valence-corrected chi connectivity index (χ4v) is 1.62. The predicted molar refractivity (Wildman–Crippen MR) is 52.8 cm³/mol. The summed E-state index contributed by atoms with van der Waals surface area (Å²) in [6, 6.07) is 0. The van der Waals surface area contributed by atoms with E-state index in [0.717, 1.165) is 11.8 Å². The van der Waals surface area contributed by atoms with Crippen molar-refractivity contribution in [1.82, 2.24) is 0 Å². The molecule has 0 bridgehead atoms. The summed E-state index contributed by atoms with van der Waals surface area (Å²) in [4.78, 5) is 0. The second kappa shape index (κ2) is 8.05. The summed E-state index contributed by atoms with van der Waals surface area (Å²) in [5.41, 5.74) is 0. The second-order valence-electron chi connectivity index (χ2n) is 3.33. The summed E-state index contributed by atoms with van der Waals surface area (Å²) in [7, 11) is 0. The minimum atomic E-state index is 0. The molecule has 0 atom stereocenters. The molecule has 0 nitrogen and oxygen atoms in total. The zero-order chi connectivity index (χ0) is 7.28. The third kappa shape index (κ3) is 11.7. The molecule has 0 N–H and O–H groups in total. The average Bonchev–Trinajstić information content (AvgIpc) is 1.63. The monoisotopic (exact) mass is 153 g/mol. The van der Waals surface area contributed by atoms with Crippen molar-refractivity contribution in [2.45, 2.75) is 27.7 Å². The Morgan fingerprint density at radius 2 is 1.20 bits per heavy atom. The van der Waals surface area contributed by atoms with Gasteiger partial charge < -0.3 is 0 Å². The molecule has 0 aliphatic heterocycles. The minimum absolute atomic E-state index is 0. The van der Waals surface area contributed by atoms with Crippen LogP contribution in [0.4, 0.5) is 0 Å². The van der Waals surface area contributed by atoms with Gasteiger partial charge in [0.05, 0.1) is 0 Å². The molecular weight excluding hydrogens is 135 g/mol. The Balaban J connectivity index is 0. The molecule has 0 amide bonds. The van der Waals surface area contributed by atoms with Crippen LogP contribution in [0, 0.1) is 11.8 Å². The van der Waals surface area contributed by atoms with Gasteiger partial charge in [-0.2, -0.15) is 11.8 Å².